The summed E-state index contributed by atoms with van der Waals surface area (Å²) in [5.74, 6) is 0. The van der Waals surface area contributed by atoms with Crippen LogP contribution in [0.5, 0.6) is 0 Å². The van der Waals surface area contributed by atoms with Gasteiger partial charge >= 0.3 is 0 Å². The van der Waals surface area contributed by atoms with E-state index in [1.807, 2.05) is 0 Å². The largest absolute Gasteiger partial charge is 0.405 e. The summed E-state index contributed by atoms with van der Waals surface area (Å²) in [6.07, 6.45) is 42.8. The zero-order valence-electron chi connectivity index (χ0n) is 21.8. The van der Waals surface area contributed by atoms with Crippen LogP contribution >= 0.6 is 0 Å². The smallest absolute Gasteiger partial charge is 0.0103 e. The minimum absolute atomic E-state index is 1.16. The standard InChI is InChI=1S/C30H61N/c1-2-3-4-5-6-7-8-9-10-11-12-13-14-15-16-17-18-19-20-21-22-23-24-25-26-27-28-29-30-31/h29-30H,2-28,31H2,1H3. The molecule has 0 radical (unpaired) electrons. The molecule has 0 fully saturated rings. The van der Waals surface area contributed by atoms with E-state index in [0.29, 0.717) is 0 Å². The molecule has 1 heteroatoms. The van der Waals surface area contributed by atoms with Crippen molar-refractivity contribution in [1.82, 2.24) is 0 Å². The molecule has 0 unspecified atom stereocenters. The van der Waals surface area contributed by atoms with E-state index < -0.39 is 0 Å². The molecule has 0 saturated carbocycles. The normalized spacial score (nSPS) is 11.6. The maximum absolute atomic E-state index is 5.35. The minimum atomic E-state index is 1.16. The second kappa shape index (κ2) is 29.5. The molecule has 0 aliphatic heterocycles. The Labute approximate surface area is 198 Å². The van der Waals surface area contributed by atoms with Gasteiger partial charge in [-0.15, -0.1) is 0 Å². The summed E-state index contributed by atoms with van der Waals surface area (Å²) in [6.45, 7) is 2.30. The summed E-state index contributed by atoms with van der Waals surface area (Å²) in [6, 6.07) is 0. The van der Waals surface area contributed by atoms with Crippen molar-refractivity contribution in [3.63, 3.8) is 0 Å². The SMILES string of the molecule is CCCCCCCCCCCCCCCCCCCCCCCCCCCCC=CN. The van der Waals surface area contributed by atoms with Crippen LogP contribution in [0, 0.1) is 0 Å². The van der Waals surface area contributed by atoms with Crippen LogP contribution in [0.15, 0.2) is 12.3 Å². The third kappa shape index (κ3) is 29.5. The Balaban J connectivity index is 2.99. The van der Waals surface area contributed by atoms with Gasteiger partial charge in [0.1, 0.15) is 0 Å². The highest BCUT2D eigenvalue weighted by molar-refractivity contribution is 4.74. The minimum Gasteiger partial charge on any atom is -0.405 e. The summed E-state index contributed by atoms with van der Waals surface area (Å²) >= 11 is 0. The van der Waals surface area contributed by atoms with Gasteiger partial charge in [-0.1, -0.05) is 174 Å². The first-order valence-electron chi connectivity index (χ1n) is 14.8. The highest BCUT2D eigenvalue weighted by Crippen LogP contribution is 2.16. The Hall–Kier alpha value is -0.460. The zero-order valence-corrected chi connectivity index (χ0v) is 21.8. The molecule has 0 amide bonds. The van der Waals surface area contributed by atoms with Crippen LogP contribution in [-0.2, 0) is 0 Å². The van der Waals surface area contributed by atoms with Crippen molar-refractivity contribution in [2.45, 2.75) is 180 Å². The fourth-order valence-electron chi connectivity index (χ4n) is 4.67. The number of hydrogen-bond acceptors (Lipinski definition) is 1. The van der Waals surface area contributed by atoms with Crippen LogP contribution in [-0.4, -0.2) is 0 Å². The number of rotatable bonds is 27. The van der Waals surface area contributed by atoms with E-state index >= 15 is 0 Å². The van der Waals surface area contributed by atoms with Gasteiger partial charge in [-0.25, -0.2) is 0 Å². The number of nitrogens with two attached hydrogens (primary N) is 1. The van der Waals surface area contributed by atoms with Crippen molar-refractivity contribution >= 4 is 0 Å². The fourth-order valence-corrected chi connectivity index (χ4v) is 4.67. The lowest BCUT2D eigenvalue weighted by Crippen LogP contribution is -1.85. The molecule has 0 atom stereocenters. The summed E-state index contributed by atoms with van der Waals surface area (Å²) in [5, 5.41) is 0. The molecular formula is C30H61N. The molecule has 0 aromatic rings. The Morgan fingerprint density at radius 3 is 0.806 bits per heavy atom. The third-order valence-electron chi connectivity index (χ3n) is 6.86. The van der Waals surface area contributed by atoms with Crippen molar-refractivity contribution < 1.29 is 0 Å². The second-order valence-corrected chi connectivity index (χ2v) is 10.1. The van der Waals surface area contributed by atoms with Crippen molar-refractivity contribution in [3.05, 3.63) is 12.3 Å². The van der Waals surface area contributed by atoms with Gasteiger partial charge in [0, 0.05) is 0 Å². The summed E-state index contributed by atoms with van der Waals surface area (Å²) in [4.78, 5) is 0. The zero-order chi connectivity index (χ0) is 22.5. The highest BCUT2D eigenvalue weighted by atomic mass is 14.5. The monoisotopic (exact) mass is 435 g/mol. The molecule has 1 nitrogen and oxygen atoms in total. The van der Waals surface area contributed by atoms with E-state index in [-0.39, 0.29) is 0 Å². The van der Waals surface area contributed by atoms with Gasteiger partial charge in [0.15, 0.2) is 0 Å². The van der Waals surface area contributed by atoms with Gasteiger partial charge in [0.25, 0.3) is 0 Å². The van der Waals surface area contributed by atoms with E-state index in [0.717, 1.165) is 6.42 Å². The lowest BCUT2D eigenvalue weighted by atomic mass is 10.0. The van der Waals surface area contributed by atoms with Gasteiger partial charge in [-0.2, -0.15) is 0 Å². The van der Waals surface area contributed by atoms with E-state index in [9.17, 15) is 0 Å². The van der Waals surface area contributed by atoms with Gasteiger partial charge in [-0.05, 0) is 19.0 Å². The predicted molar refractivity (Wildman–Crippen MR) is 144 cm³/mol. The second-order valence-electron chi connectivity index (χ2n) is 10.1. The Bertz CT molecular complexity index is 322. The first kappa shape index (κ1) is 30.5. The molecular weight excluding hydrogens is 374 g/mol. The Morgan fingerprint density at radius 2 is 0.581 bits per heavy atom. The predicted octanol–water partition coefficient (Wildman–Crippen LogP) is 11.0. The van der Waals surface area contributed by atoms with Crippen molar-refractivity contribution in [3.8, 4) is 0 Å². The van der Waals surface area contributed by atoms with Gasteiger partial charge in [-0.3, -0.25) is 0 Å². The van der Waals surface area contributed by atoms with E-state index in [2.05, 4.69) is 13.0 Å². The first-order chi connectivity index (χ1) is 15.4. The van der Waals surface area contributed by atoms with Crippen LogP contribution in [0.1, 0.15) is 180 Å². The van der Waals surface area contributed by atoms with Crippen LogP contribution < -0.4 is 5.73 Å². The lowest BCUT2D eigenvalue weighted by Gasteiger charge is -2.04. The molecule has 0 saturated heterocycles. The highest BCUT2D eigenvalue weighted by Gasteiger charge is 1.96. The Morgan fingerprint density at radius 1 is 0.355 bits per heavy atom. The fraction of sp³-hybridized carbons (Fsp3) is 0.933. The Kier molecular flexibility index (Phi) is 29.1. The summed E-state index contributed by atoms with van der Waals surface area (Å²) < 4.78 is 0. The van der Waals surface area contributed by atoms with E-state index in [4.69, 9.17) is 5.73 Å². The molecule has 0 aliphatic rings. The average molecular weight is 436 g/mol. The third-order valence-corrected chi connectivity index (χ3v) is 6.86. The van der Waals surface area contributed by atoms with Gasteiger partial charge < -0.3 is 5.73 Å². The van der Waals surface area contributed by atoms with Crippen LogP contribution in [0.3, 0.4) is 0 Å². The molecule has 31 heavy (non-hydrogen) atoms. The lowest BCUT2D eigenvalue weighted by molar-refractivity contribution is 0.515. The quantitative estimate of drug-likeness (QED) is 0.127. The van der Waals surface area contributed by atoms with Gasteiger partial charge in [0.2, 0.25) is 0 Å². The molecule has 0 aromatic carbocycles. The first-order valence-corrected chi connectivity index (χ1v) is 14.8. The molecule has 0 spiro atoms. The van der Waals surface area contributed by atoms with E-state index in [1.54, 1.807) is 6.20 Å². The molecule has 2 N–H and O–H groups in total. The molecule has 0 rings (SSSR count). The summed E-state index contributed by atoms with van der Waals surface area (Å²) in [5.41, 5.74) is 5.35. The molecule has 186 valence electrons. The molecule has 0 heterocycles. The summed E-state index contributed by atoms with van der Waals surface area (Å²) in [7, 11) is 0. The van der Waals surface area contributed by atoms with Crippen molar-refractivity contribution in [2.75, 3.05) is 0 Å². The molecule has 0 aliphatic carbocycles. The number of hydrogen-bond donors (Lipinski definition) is 1. The molecule has 0 bridgehead atoms. The maximum atomic E-state index is 5.35. The van der Waals surface area contributed by atoms with E-state index in [1.165, 1.54) is 167 Å². The topological polar surface area (TPSA) is 26.0 Å². The number of unbranched alkanes of at least 4 members (excludes halogenated alkanes) is 26. The number of allylic oxidation sites excluding steroid dienone is 1. The van der Waals surface area contributed by atoms with Crippen molar-refractivity contribution in [1.29, 1.82) is 0 Å². The van der Waals surface area contributed by atoms with Crippen LogP contribution in [0.2, 0.25) is 0 Å². The maximum Gasteiger partial charge on any atom is -0.0103 e. The van der Waals surface area contributed by atoms with Crippen LogP contribution in [0.25, 0.3) is 0 Å². The average Bonchev–Trinajstić information content (AvgIpc) is 2.78. The van der Waals surface area contributed by atoms with Gasteiger partial charge in [0.05, 0.1) is 0 Å². The van der Waals surface area contributed by atoms with Crippen molar-refractivity contribution in [2.24, 2.45) is 5.73 Å². The molecule has 0 aromatic heterocycles. The van der Waals surface area contributed by atoms with Crippen LogP contribution in [0.4, 0.5) is 0 Å².